The van der Waals surface area contributed by atoms with Crippen LogP contribution in [-0.2, 0) is 11.3 Å². The van der Waals surface area contributed by atoms with Gasteiger partial charge >= 0.3 is 6.03 Å². The lowest BCUT2D eigenvalue weighted by atomic mass is 10.2. The molecule has 132 valence electrons. The number of primary amides is 1. The van der Waals surface area contributed by atoms with E-state index in [0.29, 0.717) is 28.8 Å². The third-order valence-corrected chi connectivity index (χ3v) is 3.73. The Morgan fingerprint density at radius 2 is 1.77 bits per heavy atom. The van der Waals surface area contributed by atoms with Crippen LogP contribution in [0.15, 0.2) is 59.5 Å². The summed E-state index contributed by atoms with van der Waals surface area (Å²) in [4.78, 5) is 34.9. The number of fused-ring (bicyclic) bond motifs is 1. The Hall–Kier alpha value is -3.68. The van der Waals surface area contributed by atoms with Crippen molar-refractivity contribution in [2.45, 2.75) is 13.0 Å². The Bertz CT molecular complexity index is 1030. The molecule has 0 bridgehead atoms. The number of carbonyl (C=O) groups excluding carboxylic acids is 2. The van der Waals surface area contributed by atoms with Crippen molar-refractivity contribution in [2.75, 3.05) is 10.6 Å². The van der Waals surface area contributed by atoms with E-state index in [1.54, 1.807) is 47.1 Å². The average molecular weight is 351 g/mol. The first-order valence-electron chi connectivity index (χ1n) is 7.94. The molecule has 0 aliphatic carbocycles. The number of aryl methyl sites for hydroxylation is 1. The van der Waals surface area contributed by atoms with Crippen LogP contribution in [-0.4, -0.2) is 21.7 Å². The number of hydrogen-bond donors (Lipinski definition) is 3. The highest BCUT2D eigenvalue weighted by molar-refractivity contribution is 5.93. The van der Waals surface area contributed by atoms with Gasteiger partial charge in [-0.2, -0.15) is 5.10 Å². The molecule has 1 heterocycles. The second-order valence-corrected chi connectivity index (χ2v) is 5.62. The molecule has 0 radical (unpaired) electrons. The first kappa shape index (κ1) is 17.2. The van der Waals surface area contributed by atoms with Crippen LogP contribution >= 0.6 is 0 Å². The summed E-state index contributed by atoms with van der Waals surface area (Å²) >= 11 is 0. The predicted octanol–water partition coefficient (Wildman–Crippen LogP) is 1.92. The van der Waals surface area contributed by atoms with Crippen LogP contribution in [0.25, 0.3) is 10.9 Å². The fourth-order valence-electron chi connectivity index (χ4n) is 2.59. The number of nitrogens with two attached hydrogens (primary N) is 1. The highest BCUT2D eigenvalue weighted by Crippen LogP contribution is 2.15. The van der Waals surface area contributed by atoms with Crippen molar-refractivity contribution < 1.29 is 9.59 Å². The maximum absolute atomic E-state index is 12.2. The van der Waals surface area contributed by atoms with Crippen LogP contribution in [0.1, 0.15) is 6.42 Å². The van der Waals surface area contributed by atoms with E-state index in [1.165, 1.54) is 6.20 Å². The number of nitrogens with one attached hydrogen (secondary N) is 2. The van der Waals surface area contributed by atoms with E-state index in [9.17, 15) is 14.4 Å². The molecule has 1 aromatic heterocycles. The van der Waals surface area contributed by atoms with Crippen LogP contribution < -0.4 is 21.8 Å². The summed E-state index contributed by atoms with van der Waals surface area (Å²) in [5.41, 5.74) is 6.63. The Kier molecular flexibility index (Phi) is 4.93. The van der Waals surface area contributed by atoms with Crippen molar-refractivity contribution in [3.63, 3.8) is 0 Å². The molecule has 26 heavy (non-hydrogen) atoms. The summed E-state index contributed by atoms with van der Waals surface area (Å²) in [7, 11) is 0. The molecule has 0 aliphatic rings. The number of rotatable bonds is 5. The largest absolute Gasteiger partial charge is 0.351 e. The van der Waals surface area contributed by atoms with Crippen LogP contribution in [0.2, 0.25) is 0 Å². The third-order valence-electron chi connectivity index (χ3n) is 3.73. The van der Waals surface area contributed by atoms with E-state index in [-0.39, 0.29) is 17.8 Å². The molecule has 3 rings (SSSR count). The maximum atomic E-state index is 12.2. The van der Waals surface area contributed by atoms with Crippen molar-refractivity contribution in [1.82, 2.24) is 9.78 Å². The van der Waals surface area contributed by atoms with Crippen molar-refractivity contribution in [2.24, 2.45) is 5.73 Å². The fourth-order valence-corrected chi connectivity index (χ4v) is 2.59. The average Bonchev–Trinajstić information content (AvgIpc) is 2.61. The van der Waals surface area contributed by atoms with Gasteiger partial charge in [-0.1, -0.05) is 18.2 Å². The van der Waals surface area contributed by atoms with Crippen molar-refractivity contribution in [3.8, 4) is 0 Å². The molecule has 0 saturated carbocycles. The normalized spacial score (nSPS) is 10.5. The van der Waals surface area contributed by atoms with Crippen LogP contribution in [0, 0.1) is 0 Å². The van der Waals surface area contributed by atoms with E-state index in [2.05, 4.69) is 15.7 Å². The highest BCUT2D eigenvalue weighted by Gasteiger charge is 2.07. The van der Waals surface area contributed by atoms with Gasteiger partial charge in [-0.25, -0.2) is 4.79 Å². The molecular weight excluding hydrogens is 334 g/mol. The van der Waals surface area contributed by atoms with E-state index >= 15 is 0 Å². The number of benzene rings is 2. The third kappa shape index (κ3) is 4.04. The molecule has 0 aliphatic heterocycles. The Morgan fingerprint density at radius 1 is 1.04 bits per heavy atom. The second kappa shape index (κ2) is 7.47. The van der Waals surface area contributed by atoms with Gasteiger partial charge in [0, 0.05) is 23.2 Å². The molecule has 0 atom stereocenters. The summed E-state index contributed by atoms with van der Waals surface area (Å²) in [6.07, 6.45) is 1.42. The van der Waals surface area contributed by atoms with E-state index < -0.39 is 6.03 Å². The molecule has 3 amide bonds. The standard InChI is InChI=1S/C18H17N5O3/c19-18(26)22-13-5-3-4-12(10-13)21-17(25)8-9-23-15-7-2-1-6-14(15)16(24)11-20-23/h1-7,10-11H,8-9H2,(H,21,25)(H3,19,22,26). The topological polar surface area (TPSA) is 119 Å². The van der Waals surface area contributed by atoms with Gasteiger partial charge in [-0.05, 0) is 30.3 Å². The maximum Gasteiger partial charge on any atom is 0.316 e. The number of hydrogen-bond acceptors (Lipinski definition) is 4. The minimum atomic E-state index is -0.676. The minimum Gasteiger partial charge on any atom is -0.351 e. The summed E-state index contributed by atoms with van der Waals surface area (Å²) in [5, 5.41) is 9.85. The zero-order chi connectivity index (χ0) is 18.5. The van der Waals surface area contributed by atoms with Gasteiger partial charge in [0.1, 0.15) is 0 Å². The van der Waals surface area contributed by atoms with E-state index in [4.69, 9.17) is 5.73 Å². The number of aromatic nitrogens is 2. The number of nitrogens with zero attached hydrogens (tertiary/aromatic N) is 2. The van der Waals surface area contributed by atoms with Gasteiger partial charge in [-0.3, -0.25) is 14.3 Å². The summed E-state index contributed by atoms with van der Waals surface area (Å²) in [6, 6.07) is 13.1. The lowest BCUT2D eigenvalue weighted by Gasteiger charge is -2.10. The summed E-state index contributed by atoms with van der Waals surface area (Å²) in [5.74, 6) is -0.217. The molecule has 0 unspecified atom stereocenters. The van der Waals surface area contributed by atoms with Gasteiger partial charge in [-0.15, -0.1) is 0 Å². The molecule has 8 heteroatoms. The van der Waals surface area contributed by atoms with Gasteiger partial charge in [0.2, 0.25) is 11.3 Å². The number of carbonyl (C=O) groups is 2. The lowest BCUT2D eigenvalue weighted by Crippen LogP contribution is -2.20. The van der Waals surface area contributed by atoms with Gasteiger partial charge in [0.05, 0.1) is 18.3 Å². The summed E-state index contributed by atoms with van der Waals surface area (Å²) in [6.45, 7) is 0.325. The van der Waals surface area contributed by atoms with Gasteiger partial charge in [0.15, 0.2) is 0 Å². The lowest BCUT2D eigenvalue weighted by molar-refractivity contribution is -0.116. The number of anilines is 2. The number of para-hydroxylation sites is 1. The molecule has 3 aromatic rings. The Balaban J connectivity index is 1.68. The molecule has 4 N–H and O–H groups in total. The first-order valence-corrected chi connectivity index (χ1v) is 7.94. The molecule has 8 nitrogen and oxygen atoms in total. The molecule has 0 saturated heterocycles. The van der Waals surface area contributed by atoms with E-state index in [1.807, 2.05) is 6.07 Å². The van der Waals surface area contributed by atoms with Gasteiger partial charge < -0.3 is 16.4 Å². The molecule has 0 fully saturated rings. The SMILES string of the molecule is NC(=O)Nc1cccc(NC(=O)CCn2ncc(=O)c3ccccc32)c1. The smallest absolute Gasteiger partial charge is 0.316 e. The van der Waals surface area contributed by atoms with E-state index in [0.717, 1.165) is 0 Å². The fraction of sp³-hybridized carbons (Fsp3) is 0.111. The van der Waals surface area contributed by atoms with Crippen LogP contribution in [0.4, 0.5) is 16.2 Å². The monoisotopic (exact) mass is 351 g/mol. The van der Waals surface area contributed by atoms with Crippen molar-refractivity contribution in [1.29, 1.82) is 0 Å². The minimum absolute atomic E-state index is 0.153. The van der Waals surface area contributed by atoms with Crippen LogP contribution in [0.5, 0.6) is 0 Å². The van der Waals surface area contributed by atoms with Gasteiger partial charge in [0.25, 0.3) is 0 Å². The molecule has 2 aromatic carbocycles. The quantitative estimate of drug-likeness (QED) is 0.650. The predicted molar refractivity (Wildman–Crippen MR) is 98.9 cm³/mol. The van der Waals surface area contributed by atoms with Crippen LogP contribution in [0.3, 0.4) is 0 Å². The summed E-state index contributed by atoms with van der Waals surface area (Å²) < 4.78 is 1.63. The zero-order valence-electron chi connectivity index (χ0n) is 13.8. The Labute approximate surface area is 148 Å². The van der Waals surface area contributed by atoms with Crippen molar-refractivity contribution >= 4 is 34.2 Å². The number of amides is 3. The molecule has 0 spiro atoms. The first-order chi connectivity index (χ1) is 12.5. The molecular formula is C18H17N5O3. The Morgan fingerprint density at radius 3 is 2.54 bits per heavy atom. The zero-order valence-corrected chi connectivity index (χ0v) is 13.8. The van der Waals surface area contributed by atoms with Crippen molar-refractivity contribution in [3.05, 3.63) is 65.0 Å². The highest BCUT2D eigenvalue weighted by atomic mass is 16.2. The number of urea groups is 1. The second-order valence-electron chi connectivity index (χ2n) is 5.62.